The van der Waals surface area contributed by atoms with Gasteiger partial charge >= 0.3 is 0 Å². The molecule has 1 N–H and O–H groups in total. The second-order valence-corrected chi connectivity index (χ2v) is 14.1. The summed E-state index contributed by atoms with van der Waals surface area (Å²) < 4.78 is 27.1. The Kier molecular flexibility index (Phi) is 8.24. The molecule has 0 bridgehead atoms. The van der Waals surface area contributed by atoms with Crippen LogP contribution in [-0.2, 0) is 34.1 Å². The highest BCUT2D eigenvalue weighted by atomic mass is 32.2. The summed E-state index contributed by atoms with van der Waals surface area (Å²) in [6.07, 6.45) is 4.58. The summed E-state index contributed by atoms with van der Waals surface area (Å²) >= 11 is 1.41. The van der Waals surface area contributed by atoms with E-state index in [0.29, 0.717) is 29.1 Å². The topological polar surface area (TPSA) is 111 Å². The predicted octanol–water partition coefficient (Wildman–Crippen LogP) is 5.30. The molecule has 3 aromatic heterocycles. The Hall–Kier alpha value is -3.63. The molecule has 0 fully saturated rings. The number of amides is 1. The van der Waals surface area contributed by atoms with E-state index in [1.54, 1.807) is 13.8 Å². The van der Waals surface area contributed by atoms with Crippen molar-refractivity contribution in [3.8, 4) is 22.4 Å². The lowest BCUT2D eigenvalue weighted by Crippen LogP contribution is -2.30. The zero-order valence-electron chi connectivity index (χ0n) is 23.7. The molecular weight excluding hydrogens is 556 g/mol. The zero-order chi connectivity index (χ0) is 29.3. The van der Waals surface area contributed by atoms with Crippen molar-refractivity contribution in [2.24, 2.45) is 0 Å². The number of nitrogens with zero attached hydrogens (tertiary/aromatic N) is 3. The summed E-state index contributed by atoms with van der Waals surface area (Å²) in [6.45, 7) is 7.07. The number of pyridine rings is 1. The number of aryl methyl sites for hydroxylation is 2. The van der Waals surface area contributed by atoms with E-state index in [4.69, 9.17) is 0 Å². The number of rotatable bonds is 9. The summed E-state index contributed by atoms with van der Waals surface area (Å²) in [7, 11) is -3.59. The number of aromatic nitrogens is 3. The molecule has 1 aliphatic rings. The van der Waals surface area contributed by atoms with Gasteiger partial charge in [-0.15, -0.1) is 11.3 Å². The molecule has 1 amide bonds. The number of Topliss-reactive ketones (excluding diaryl/α,β-unsaturated/α-hetero) is 1. The maximum Gasteiger partial charge on any atom is 0.253 e. The first-order valence-electron chi connectivity index (χ1n) is 13.8. The first-order chi connectivity index (χ1) is 19.5. The van der Waals surface area contributed by atoms with Gasteiger partial charge in [-0.05, 0) is 88.3 Å². The lowest BCUT2D eigenvalue weighted by molar-refractivity contribution is -0.117. The van der Waals surface area contributed by atoms with E-state index in [2.05, 4.69) is 39.6 Å². The van der Waals surface area contributed by atoms with Crippen molar-refractivity contribution in [1.29, 1.82) is 0 Å². The molecule has 3 heterocycles. The molecule has 1 aliphatic carbocycles. The summed E-state index contributed by atoms with van der Waals surface area (Å²) in [6, 6.07) is 12.2. The Morgan fingerprint density at radius 2 is 1.71 bits per heavy atom. The van der Waals surface area contributed by atoms with Crippen LogP contribution in [0.1, 0.15) is 64.7 Å². The molecule has 0 spiro atoms. The van der Waals surface area contributed by atoms with Gasteiger partial charge in [-0.3, -0.25) is 14.6 Å². The number of benzene rings is 1. The van der Waals surface area contributed by atoms with Gasteiger partial charge in [0.25, 0.3) is 5.91 Å². The second kappa shape index (κ2) is 11.7. The van der Waals surface area contributed by atoms with Gasteiger partial charge in [0.05, 0.1) is 29.5 Å². The molecule has 0 unspecified atom stereocenters. The fourth-order valence-electron chi connectivity index (χ4n) is 5.23. The Morgan fingerprint density at radius 1 is 1.00 bits per heavy atom. The van der Waals surface area contributed by atoms with Gasteiger partial charge in [-0.25, -0.2) is 17.4 Å². The normalized spacial score (nSPS) is 13.3. The van der Waals surface area contributed by atoms with Crippen LogP contribution in [0, 0.1) is 13.8 Å². The summed E-state index contributed by atoms with van der Waals surface area (Å²) in [5.74, 6) is -0.591. The molecule has 214 valence electrons. The van der Waals surface area contributed by atoms with E-state index >= 15 is 0 Å². The van der Waals surface area contributed by atoms with E-state index in [-0.39, 0.29) is 18.7 Å². The van der Waals surface area contributed by atoms with E-state index in [1.165, 1.54) is 21.5 Å². The van der Waals surface area contributed by atoms with Crippen LogP contribution in [0.5, 0.6) is 0 Å². The number of nitrogens with one attached hydrogen (secondary N) is 1. The highest BCUT2D eigenvalue weighted by Crippen LogP contribution is 2.30. The van der Waals surface area contributed by atoms with Crippen molar-refractivity contribution in [2.75, 3.05) is 6.54 Å². The molecule has 5 rings (SSSR count). The molecule has 0 saturated carbocycles. The standard InChI is InChI=1S/C31H34N4O4S2/c1-19(2)41(38,39)35-17-27(26-10-5-6-11-29(26)35)31(37)32-16-25(36)15-30-34-28(18-40-30)23-9-7-8-22(14-23)24-12-20(3)33-21(4)13-24/h7-9,12-14,17-19H,5-6,10-11,15-16H2,1-4H3,(H,32,37). The first kappa shape index (κ1) is 28.9. The smallest absolute Gasteiger partial charge is 0.253 e. The quantitative estimate of drug-likeness (QED) is 0.283. The van der Waals surface area contributed by atoms with Crippen molar-refractivity contribution in [2.45, 2.75) is 65.0 Å². The van der Waals surface area contributed by atoms with Crippen LogP contribution in [0.4, 0.5) is 0 Å². The van der Waals surface area contributed by atoms with Crippen molar-refractivity contribution in [3.05, 3.63) is 81.2 Å². The fraction of sp³-hybridized carbons (Fsp3) is 0.355. The SMILES string of the molecule is Cc1cc(-c2cccc(-c3csc(CC(=O)CNC(=O)c4cn(S(=O)(=O)C(C)C)c5c4CCCC5)n3)c2)cc(C)n1. The minimum atomic E-state index is -3.59. The van der Waals surface area contributed by atoms with Crippen molar-refractivity contribution in [1.82, 2.24) is 19.3 Å². The number of hydrogen-bond donors (Lipinski definition) is 1. The molecule has 4 aromatic rings. The maximum absolute atomic E-state index is 13.1. The number of ketones is 1. The molecule has 0 radical (unpaired) electrons. The maximum atomic E-state index is 13.1. The fourth-order valence-corrected chi connectivity index (χ4v) is 7.28. The first-order valence-corrected chi connectivity index (χ1v) is 16.2. The molecule has 1 aromatic carbocycles. The van der Waals surface area contributed by atoms with Crippen LogP contribution in [-0.4, -0.2) is 45.8 Å². The van der Waals surface area contributed by atoms with Gasteiger partial charge in [0.1, 0.15) is 5.01 Å². The van der Waals surface area contributed by atoms with Gasteiger partial charge in [-0.2, -0.15) is 0 Å². The van der Waals surface area contributed by atoms with Gasteiger partial charge < -0.3 is 5.32 Å². The summed E-state index contributed by atoms with van der Waals surface area (Å²) in [5, 5.41) is 4.72. The lowest BCUT2D eigenvalue weighted by Gasteiger charge is -2.17. The number of thiazole rings is 1. The third kappa shape index (κ3) is 6.18. The Labute approximate surface area is 244 Å². The molecule has 0 atom stereocenters. The van der Waals surface area contributed by atoms with Crippen LogP contribution in [0.2, 0.25) is 0 Å². The molecule has 0 aliphatic heterocycles. The highest BCUT2D eigenvalue weighted by Gasteiger charge is 2.29. The largest absolute Gasteiger partial charge is 0.345 e. The van der Waals surface area contributed by atoms with Crippen LogP contribution in [0.15, 0.2) is 48.0 Å². The molecular formula is C31H34N4O4S2. The monoisotopic (exact) mass is 590 g/mol. The molecule has 10 heteroatoms. The minimum Gasteiger partial charge on any atom is -0.345 e. The zero-order valence-corrected chi connectivity index (χ0v) is 25.4. The van der Waals surface area contributed by atoms with E-state index in [0.717, 1.165) is 52.2 Å². The highest BCUT2D eigenvalue weighted by molar-refractivity contribution is 7.90. The number of hydrogen-bond acceptors (Lipinski definition) is 7. The van der Waals surface area contributed by atoms with Gasteiger partial charge in [-0.1, -0.05) is 18.2 Å². The van der Waals surface area contributed by atoms with Crippen molar-refractivity contribution < 1.29 is 18.0 Å². The third-order valence-electron chi connectivity index (χ3n) is 7.31. The minimum absolute atomic E-state index is 0.105. The molecule has 0 saturated heterocycles. The Balaban J connectivity index is 1.25. The number of fused-ring (bicyclic) bond motifs is 1. The summed E-state index contributed by atoms with van der Waals surface area (Å²) in [4.78, 5) is 35.0. The van der Waals surface area contributed by atoms with Crippen molar-refractivity contribution >= 4 is 33.1 Å². The van der Waals surface area contributed by atoms with E-state index < -0.39 is 21.2 Å². The predicted molar refractivity (Wildman–Crippen MR) is 162 cm³/mol. The lowest BCUT2D eigenvalue weighted by atomic mass is 9.95. The van der Waals surface area contributed by atoms with E-state index in [9.17, 15) is 18.0 Å². The third-order valence-corrected chi connectivity index (χ3v) is 10.2. The molecule has 41 heavy (non-hydrogen) atoms. The number of carbonyl (C=O) groups is 2. The average Bonchev–Trinajstić information content (AvgIpc) is 3.57. The number of carbonyl (C=O) groups excluding carboxylic acids is 2. The Morgan fingerprint density at radius 3 is 2.44 bits per heavy atom. The Bertz CT molecular complexity index is 1710. The van der Waals surface area contributed by atoms with Crippen LogP contribution >= 0.6 is 11.3 Å². The summed E-state index contributed by atoms with van der Waals surface area (Å²) in [5.41, 5.74) is 7.65. The van der Waals surface area contributed by atoms with Crippen LogP contribution < -0.4 is 5.32 Å². The van der Waals surface area contributed by atoms with Gasteiger partial charge in [0.2, 0.25) is 10.0 Å². The van der Waals surface area contributed by atoms with Gasteiger partial charge in [0.15, 0.2) is 5.78 Å². The van der Waals surface area contributed by atoms with Crippen LogP contribution in [0.25, 0.3) is 22.4 Å². The average molecular weight is 591 g/mol. The van der Waals surface area contributed by atoms with Crippen molar-refractivity contribution in [3.63, 3.8) is 0 Å². The van der Waals surface area contributed by atoms with Gasteiger partial charge in [0, 0.05) is 34.2 Å². The van der Waals surface area contributed by atoms with E-state index in [1.807, 2.05) is 31.4 Å². The second-order valence-electron chi connectivity index (χ2n) is 10.8. The molecule has 8 nitrogen and oxygen atoms in total. The van der Waals surface area contributed by atoms with Crippen LogP contribution in [0.3, 0.4) is 0 Å².